The molecule has 2 fully saturated rings. The molecule has 2 N–H and O–H groups in total. The summed E-state index contributed by atoms with van der Waals surface area (Å²) in [5, 5.41) is 0. The molecule has 0 bridgehead atoms. The number of nitrogens with zero attached hydrogens (tertiary/aromatic N) is 3. The first-order valence-electron chi connectivity index (χ1n) is 6.88. The molecule has 0 spiro atoms. The second-order valence-corrected chi connectivity index (χ2v) is 5.86. The van der Waals surface area contributed by atoms with Crippen molar-refractivity contribution in [3.05, 3.63) is 18.0 Å². The van der Waals surface area contributed by atoms with Crippen molar-refractivity contribution >= 4 is 11.4 Å². The molecule has 0 aromatic carbocycles. The lowest BCUT2D eigenvalue weighted by Gasteiger charge is -2.50. The molecule has 0 unspecified atom stereocenters. The van der Waals surface area contributed by atoms with Gasteiger partial charge in [0.2, 0.25) is 0 Å². The molecule has 104 valence electrons. The molecule has 0 amide bonds. The van der Waals surface area contributed by atoms with Crippen LogP contribution in [0.25, 0.3) is 0 Å². The van der Waals surface area contributed by atoms with Crippen molar-refractivity contribution in [2.45, 2.75) is 19.4 Å². The van der Waals surface area contributed by atoms with Crippen LogP contribution >= 0.6 is 0 Å². The summed E-state index contributed by atoms with van der Waals surface area (Å²) in [5.74, 6) is 0. The van der Waals surface area contributed by atoms with E-state index in [9.17, 15) is 0 Å². The highest BCUT2D eigenvalue weighted by Crippen LogP contribution is 2.30. The van der Waals surface area contributed by atoms with Gasteiger partial charge in [0.05, 0.1) is 36.3 Å². The fourth-order valence-electron chi connectivity index (χ4n) is 3.06. The standard InChI is InChI=1S/C14H22N4O/c1-11-7-16-8-12(15)13(11)17-3-5-18(6-4-17)14(2)9-19-10-14/h7-8H,3-6,9-10,15H2,1-2H3. The van der Waals surface area contributed by atoms with Gasteiger partial charge in [0.15, 0.2) is 0 Å². The Morgan fingerprint density at radius 1 is 1.21 bits per heavy atom. The molecule has 5 nitrogen and oxygen atoms in total. The summed E-state index contributed by atoms with van der Waals surface area (Å²) in [6.45, 7) is 10.3. The van der Waals surface area contributed by atoms with Gasteiger partial charge in [0.1, 0.15) is 0 Å². The van der Waals surface area contributed by atoms with Gasteiger partial charge >= 0.3 is 0 Å². The van der Waals surface area contributed by atoms with E-state index in [1.54, 1.807) is 6.20 Å². The van der Waals surface area contributed by atoms with Gasteiger partial charge < -0.3 is 15.4 Å². The lowest BCUT2D eigenvalue weighted by Crippen LogP contribution is -2.64. The van der Waals surface area contributed by atoms with Crippen molar-refractivity contribution in [1.82, 2.24) is 9.88 Å². The Bertz CT molecular complexity index is 444. The van der Waals surface area contributed by atoms with Crippen LogP contribution in [-0.4, -0.2) is 54.8 Å². The highest BCUT2D eigenvalue weighted by atomic mass is 16.5. The lowest BCUT2D eigenvalue weighted by atomic mass is 9.96. The van der Waals surface area contributed by atoms with E-state index in [-0.39, 0.29) is 5.54 Å². The Kier molecular flexibility index (Phi) is 3.11. The smallest absolute Gasteiger partial charge is 0.0741 e. The number of hydrogen-bond donors (Lipinski definition) is 1. The molecule has 1 aromatic rings. The number of aryl methyl sites for hydroxylation is 1. The Labute approximate surface area is 114 Å². The SMILES string of the molecule is Cc1cncc(N)c1N1CCN(C2(C)COC2)CC1. The van der Waals surface area contributed by atoms with Crippen molar-refractivity contribution in [1.29, 1.82) is 0 Å². The van der Waals surface area contributed by atoms with Crippen LogP contribution in [-0.2, 0) is 4.74 Å². The zero-order valence-electron chi connectivity index (χ0n) is 11.7. The van der Waals surface area contributed by atoms with Gasteiger partial charge in [-0.3, -0.25) is 9.88 Å². The average molecular weight is 262 g/mol. The first-order chi connectivity index (χ1) is 9.10. The van der Waals surface area contributed by atoms with Crippen molar-refractivity contribution in [2.75, 3.05) is 50.0 Å². The molecule has 0 aliphatic carbocycles. The number of ether oxygens (including phenoxy) is 1. The molecular formula is C14H22N4O. The Hall–Kier alpha value is -1.33. The van der Waals surface area contributed by atoms with Gasteiger partial charge in [-0.15, -0.1) is 0 Å². The van der Waals surface area contributed by atoms with E-state index in [0.717, 1.165) is 56.3 Å². The molecule has 2 saturated heterocycles. The molecule has 2 aliphatic rings. The van der Waals surface area contributed by atoms with Gasteiger partial charge in [0, 0.05) is 32.4 Å². The number of anilines is 2. The van der Waals surface area contributed by atoms with E-state index in [2.05, 4.69) is 28.6 Å². The number of nitrogens with two attached hydrogens (primary N) is 1. The van der Waals surface area contributed by atoms with Gasteiger partial charge in [-0.05, 0) is 19.4 Å². The summed E-state index contributed by atoms with van der Waals surface area (Å²) in [7, 11) is 0. The second-order valence-electron chi connectivity index (χ2n) is 5.86. The third kappa shape index (κ3) is 2.17. The predicted molar refractivity (Wildman–Crippen MR) is 76.4 cm³/mol. The molecule has 0 radical (unpaired) electrons. The molecule has 3 rings (SSSR count). The number of nitrogen functional groups attached to an aromatic ring is 1. The molecule has 19 heavy (non-hydrogen) atoms. The van der Waals surface area contributed by atoms with Crippen LogP contribution < -0.4 is 10.6 Å². The van der Waals surface area contributed by atoms with Crippen LogP contribution in [0.4, 0.5) is 11.4 Å². The minimum Gasteiger partial charge on any atom is -0.396 e. The first-order valence-corrected chi connectivity index (χ1v) is 6.88. The maximum Gasteiger partial charge on any atom is 0.0741 e. The van der Waals surface area contributed by atoms with Crippen molar-refractivity contribution in [2.24, 2.45) is 0 Å². The molecule has 5 heteroatoms. The number of pyridine rings is 1. The summed E-state index contributed by atoms with van der Waals surface area (Å²) < 4.78 is 5.36. The number of piperazine rings is 1. The van der Waals surface area contributed by atoms with Gasteiger partial charge in [-0.1, -0.05) is 0 Å². The normalized spacial score (nSPS) is 23.2. The number of hydrogen-bond acceptors (Lipinski definition) is 5. The van der Waals surface area contributed by atoms with E-state index >= 15 is 0 Å². The van der Waals surface area contributed by atoms with Crippen molar-refractivity contribution in [3.63, 3.8) is 0 Å². The Morgan fingerprint density at radius 2 is 1.89 bits per heavy atom. The number of rotatable bonds is 2. The quantitative estimate of drug-likeness (QED) is 0.857. The average Bonchev–Trinajstić information content (AvgIpc) is 2.37. The molecule has 3 heterocycles. The maximum atomic E-state index is 6.07. The zero-order chi connectivity index (χ0) is 13.5. The van der Waals surface area contributed by atoms with Crippen LogP contribution in [0.5, 0.6) is 0 Å². The van der Waals surface area contributed by atoms with E-state index in [1.165, 1.54) is 0 Å². The monoisotopic (exact) mass is 262 g/mol. The molecule has 2 aliphatic heterocycles. The summed E-state index contributed by atoms with van der Waals surface area (Å²) in [4.78, 5) is 9.06. The second kappa shape index (κ2) is 4.65. The van der Waals surface area contributed by atoms with Gasteiger partial charge in [0.25, 0.3) is 0 Å². The third-order valence-corrected chi connectivity index (χ3v) is 4.31. The molecule has 0 atom stereocenters. The van der Waals surface area contributed by atoms with E-state index < -0.39 is 0 Å². The van der Waals surface area contributed by atoms with E-state index in [0.29, 0.717) is 0 Å². The van der Waals surface area contributed by atoms with Gasteiger partial charge in [-0.2, -0.15) is 0 Å². The van der Waals surface area contributed by atoms with Crippen LogP contribution in [0.15, 0.2) is 12.4 Å². The van der Waals surface area contributed by atoms with Crippen LogP contribution in [0.1, 0.15) is 12.5 Å². The van der Waals surface area contributed by atoms with E-state index in [1.807, 2.05) is 6.20 Å². The van der Waals surface area contributed by atoms with E-state index in [4.69, 9.17) is 10.5 Å². The predicted octanol–water partition coefficient (Wildman–Crippen LogP) is 0.883. The van der Waals surface area contributed by atoms with Gasteiger partial charge in [-0.25, -0.2) is 0 Å². The minimum absolute atomic E-state index is 0.255. The first kappa shape index (κ1) is 12.7. The van der Waals surface area contributed by atoms with Crippen molar-refractivity contribution < 1.29 is 4.74 Å². The number of aromatic nitrogens is 1. The zero-order valence-corrected chi connectivity index (χ0v) is 11.7. The summed E-state index contributed by atoms with van der Waals surface area (Å²) in [6.07, 6.45) is 3.63. The highest BCUT2D eigenvalue weighted by Gasteiger charge is 2.40. The van der Waals surface area contributed by atoms with Crippen LogP contribution in [0.2, 0.25) is 0 Å². The largest absolute Gasteiger partial charge is 0.396 e. The minimum atomic E-state index is 0.255. The van der Waals surface area contributed by atoms with Crippen molar-refractivity contribution in [3.8, 4) is 0 Å². The molecule has 1 aromatic heterocycles. The summed E-state index contributed by atoms with van der Waals surface area (Å²) in [6, 6.07) is 0. The molecule has 0 saturated carbocycles. The summed E-state index contributed by atoms with van der Waals surface area (Å²) in [5.41, 5.74) is 9.43. The Morgan fingerprint density at radius 3 is 2.42 bits per heavy atom. The fraction of sp³-hybridized carbons (Fsp3) is 0.643. The van der Waals surface area contributed by atoms with Crippen LogP contribution in [0.3, 0.4) is 0 Å². The maximum absolute atomic E-state index is 6.07. The highest BCUT2D eigenvalue weighted by molar-refractivity contribution is 5.70. The Balaban J connectivity index is 1.70. The lowest BCUT2D eigenvalue weighted by molar-refractivity contribution is -0.131. The third-order valence-electron chi connectivity index (χ3n) is 4.31. The topological polar surface area (TPSA) is 54.6 Å². The molecular weight excluding hydrogens is 240 g/mol. The van der Waals surface area contributed by atoms with Crippen LogP contribution in [0, 0.1) is 6.92 Å². The fourth-order valence-corrected chi connectivity index (χ4v) is 3.06. The summed E-state index contributed by atoms with van der Waals surface area (Å²) >= 11 is 0.